The van der Waals surface area contributed by atoms with Crippen molar-refractivity contribution in [2.75, 3.05) is 0 Å². The van der Waals surface area contributed by atoms with Crippen LogP contribution in [0.2, 0.25) is 0 Å². The van der Waals surface area contributed by atoms with Crippen LogP contribution in [0.3, 0.4) is 0 Å². The standard InChI is InChI=1S/C24H40O4.ClH.2H3N.Pt/c1-14(4-7-21(27)28)17-5-6-18-22-19(9-11-24(17,18)3)23(2)10-8-16(25)12-15(23)13-20(22)26;;;;/h14-20,22,25-26H,4-13H2,1-3H3,(H,27,28);1H;2*1H3;/q;;;;+2/p-2/t14-,15+,16-,17?,18+,19+,20+,22+,23+,24-;;;;/m1..../s1. The number of carboxylic acids is 1. The Balaban J connectivity index is 0.00000240. The molecule has 10 atom stereocenters. The Labute approximate surface area is 214 Å². The minimum absolute atomic E-state index is 0. The summed E-state index contributed by atoms with van der Waals surface area (Å²) < 4.78 is 0. The van der Waals surface area contributed by atoms with Gasteiger partial charge in [-0.1, -0.05) is 20.8 Å². The minimum atomic E-state index is -0.934. The molecule has 0 saturated heterocycles. The van der Waals surface area contributed by atoms with Crippen LogP contribution in [0.4, 0.5) is 0 Å². The number of rotatable bonds is 4. The van der Waals surface area contributed by atoms with E-state index in [1.807, 2.05) is 0 Å². The van der Waals surface area contributed by atoms with Crippen LogP contribution in [-0.2, 0) is 25.9 Å². The van der Waals surface area contributed by atoms with Crippen molar-refractivity contribution in [1.29, 1.82) is 0 Å². The van der Waals surface area contributed by atoms with Crippen LogP contribution in [0.1, 0.15) is 85.0 Å². The maximum absolute atomic E-state index is 11.2. The molecule has 0 aromatic carbocycles. The number of carboxylic acid groups (broad SMARTS) is 1. The van der Waals surface area contributed by atoms with E-state index in [0.29, 0.717) is 41.9 Å². The molecular weight excluding hydrogens is 611 g/mol. The van der Waals surface area contributed by atoms with Crippen molar-refractivity contribution in [3.05, 3.63) is 0 Å². The molecule has 0 spiro atoms. The fourth-order valence-corrected chi connectivity index (χ4v) is 8.72. The third-order valence-electron chi connectivity index (χ3n) is 10.2. The molecule has 0 aromatic rings. The van der Waals surface area contributed by atoms with E-state index in [4.69, 9.17) is 0 Å². The fraction of sp³-hybridized carbons (Fsp3) is 0.958. The van der Waals surface area contributed by atoms with Gasteiger partial charge in [0, 0.05) is 5.97 Å². The average Bonchev–Trinajstić information content (AvgIpc) is 2.98. The molecule has 4 aliphatic rings. The van der Waals surface area contributed by atoms with Crippen molar-refractivity contribution in [2.45, 2.75) is 97.2 Å². The van der Waals surface area contributed by atoms with Crippen molar-refractivity contribution in [1.82, 2.24) is 12.3 Å². The smallest absolute Gasteiger partial charge is 1.00 e. The summed E-state index contributed by atoms with van der Waals surface area (Å²) >= 11 is 0. The Morgan fingerprint density at radius 2 is 1.59 bits per heavy atom. The van der Waals surface area contributed by atoms with E-state index in [0.717, 1.165) is 25.7 Å². The van der Waals surface area contributed by atoms with E-state index < -0.39 is 5.97 Å². The van der Waals surface area contributed by atoms with Gasteiger partial charge in [0.05, 0.1) is 12.2 Å². The normalized spacial score (nSPS) is 45.2. The van der Waals surface area contributed by atoms with Crippen molar-refractivity contribution in [3.8, 4) is 0 Å². The van der Waals surface area contributed by atoms with Gasteiger partial charge >= 0.3 is 21.1 Å². The van der Waals surface area contributed by atoms with Gasteiger partial charge in [0.25, 0.3) is 0 Å². The van der Waals surface area contributed by atoms with Crippen molar-refractivity contribution in [3.63, 3.8) is 0 Å². The van der Waals surface area contributed by atoms with E-state index in [9.17, 15) is 20.1 Å². The molecule has 0 amide bonds. The van der Waals surface area contributed by atoms with Gasteiger partial charge in [-0.05, 0) is 111 Å². The molecule has 8 heteroatoms. The zero-order chi connectivity index (χ0) is 20.3. The molecular formula is C24H45ClN2O4Pt. The molecule has 4 rings (SSSR count). The maximum Gasteiger partial charge on any atom is 2.00 e. The number of aliphatic carboxylic acids is 1. The zero-order valence-corrected chi connectivity index (χ0v) is 23.0. The van der Waals surface area contributed by atoms with Crippen LogP contribution < -0.4 is 29.8 Å². The molecule has 1 unspecified atom stereocenters. The van der Waals surface area contributed by atoms with E-state index in [2.05, 4.69) is 20.8 Å². The molecule has 192 valence electrons. The van der Waals surface area contributed by atoms with Crippen molar-refractivity contribution >= 4 is 5.97 Å². The fourth-order valence-electron chi connectivity index (χ4n) is 8.72. The third kappa shape index (κ3) is 5.26. The Hall–Kier alpha value is 0.288. The second-order valence-electron chi connectivity index (χ2n) is 11.3. The molecule has 4 saturated carbocycles. The van der Waals surface area contributed by atoms with E-state index in [-0.39, 0.29) is 75.2 Å². The van der Waals surface area contributed by atoms with Gasteiger partial charge in [-0.25, -0.2) is 0 Å². The number of fused-ring (bicyclic) bond motifs is 5. The van der Waals surface area contributed by atoms with Gasteiger partial charge < -0.3 is 44.8 Å². The summed E-state index contributed by atoms with van der Waals surface area (Å²) in [7, 11) is 0. The Morgan fingerprint density at radius 1 is 1.00 bits per heavy atom. The molecule has 0 aromatic heterocycles. The summed E-state index contributed by atoms with van der Waals surface area (Å²) in [4.78, 5) is 10.9. The summed E-state index contributed by atoms with van der Waals surface area (Å²) in [6.07, 6.45) is 8.91. The van der Waals surface area contributed by atoms with E-state index >= 15 is 0 Å². The molecule has 4 aliphatic carbocycles. The SMILES string of the molecule is C[C@H](CCC(=O)[O-])C1CC[C@H]2[C@@H]3[C@@H](O)C[C@@H]4C[C@H](O)CC[C@]4(C)[C@H]3CC[C@]12C.N.N.[Cl-].[Pt+2]. The van der Waals surface area contributed by atoms with Gasteiger partial charge in [0.1, 0.15) is 0 Å². The summed E-state index contributed by atoms with van der Waals surface area (Å²) in [6.45, 7) is 7.11. The summed E-state index contributed by atoms with van der Waals surface area (Å²) in [5.41, 5.74) is 0.494. The van der Waals surface area contributed by atoms with Crippen molar-refractivity contribution < 1.29 is 53.6 Å². The maximum atomic E-state index is 11.2. The Kier molecular flexibility index (Phi) is 11.9. The number of hydrogen-bond acceptors (Lipinski definition) is 6. The quantitative estimate of drug-likeness (QED) is 0.346. The number of aliphatic hydroxyl groups is 2. The van der Waals surface area contributed by atoms with E-state index in [1.54, 1.807) is 0 Å². The van der Waals surface area contributed by atoms with Crippen LogP contribution in [0, 0.1) is 46.3 Å². The number of aliphatic hydroxyl groups excluding tert-OH is 2. The number of hydrogen-bond donors (Lipinski definition) is 4. The second-order valence-corrected chi connectivity index (χ2v) is 11.3. The average molecular weight is 656 g/mol. The summed E-state index contributed by atoms with van der Waals surface area (Å²) in [5.74, 6) is 1.99. The molecule has 4 fully saturated rings. The molecule has 32 heavy (non-hydrogen) atoms. The van der Waals surface area contributed by atoms with Crippen LogP contribution in [0.25, 0.3) is 0 Å². The monoisotopic (exact) mass is 655 g/mol. The molecule has 6 nitrogen and oxygen atoms in total. The third-order valence-corrected chi connectivity index (χ3v) is 10.2. The molecule has 8 N–H and O–H groups in total. The van der Waals surface area contributed by atoms with Gasteiger partial charge in [0.2, 0.25) is 0 Å². The molecule has 0 radical (unpaired) electrons. The van der Waals surface area contributed by atoms with Crippen LogP contribution in [0.5, 0.6) is 0 Å². The first-order valence-corrected chi connectivity index (χ1v) is 11.7. The predicted octanol–water partition coefficient (Wildman–Crippen LogP) is 0.469. The van der Waals surface area contributed by atoms with Gasteiger partial charge in [-0.15, -0.1) is 0 Å². The van der Waals surface area contributed by atoms with Crippen LogP contribution in [0.15, 0.2) is 0 Å². The number of carbonyl (C=O) groups excluding carboxylic acids is 1. The molecule has 0 aliphatic heterocycles. The Morgan fingerprint density at radius 3 is 2.22 bits per heavy atom. The predicted molar refractivity (Wildman–Crippen MR) is 116 cm³/mol. The number of carbonyl (C=O) groups is 1. The van der Waals surface area contributed by atoms with E-state index in [1.165, 1.54) is 25.7 Å². The summed E-state index contributed by atoms with van der Waals surface area (Å²) in [5, 5.41) is 32.4. The largest absolute Gasteiger partial charge is 2.00 e. The first kappa shape index (κ1) is 32.3. The minimum Gasteiger partial charge on any atom is -1.00 e. The van der Waals surface area contributed by atoms with Crippen LogP contribution >= 0.6 is 0 Å². The van der Waals surface area contributed by atoms with Gasteiger partial charge in [-0.2, -0.15) is 0 Å². The van der Waals surface area contributed by atoms with Crippen LogP contribution in [-0.4, -0.2) is 28.4 Å². The first-order valence-electron chi connectivity index (χ1n) is 11.7. The van der Waals surface area contributed by atoms with Gasteiger partial charge in [0.15, 0.2) is 0 Å². The Bertz CT molecular complexity index is 629. The molecule has 0 heterocycles. The molecule has 0 bridgehead atoms. The first-order chi connectivity index (χ1) is 13.2. The number of halogens is 1. The van der Waals surface area contributed by atoms with Crippen molar-refractivity contribution in [2.24, 2.45) is 46.3 Å². The van der Waals surface area contributed by atoms with Gasteiger partial charge in [-0.3, -0.25) is 0 Å². The zero-order valence-electron chi connectivity index (χ0n) is 20.0. The second kappa shape index (κ2) is 11.8. The topological polar surface area (TPSA) is 151 Å². The summed E-state index contributed by atoms with van der Waals surface area (Å²) in [6, 6.07) is 0.